The van der Waals surface area contributed by atoms with Gasteiger partial charge in [-0.2, -0.15) is 8.42 Å². The fraction of sp³-hybridized carbons (Fsp3) is 0.600. The van der Waals surface area contributed by atoms with Gasteiger partial charge in [-0.1, -0.05) is 6.92 Å². The molecule has 0 radical (unpaired) electrons. The van der Waals surface area contributed by atoms with E-state index in [0.717, 1.165) is 18.6 Å². The van der Waals surface area contributed by atoms with E-state index < -0.39 is 10.1 Å². The predicted molar refractivity (Wildman–Crippen MR) is 60.7 cm³/mol. The predicted octanol–water partition coefficient (Wildman–Crippen LogP) is 0.776. The van der Waals surface area contributed by atoms with Gasteiger partial charge >= 0.3 is 0 Å². The monoisotopic (exact) mass is 247 g/mol. The Kier molecular flexibility index (Phi) is 4.98. The summed E-state index contributed by atoms with van der Waals surface area (Å²) in [5.74, 6) is 0.808. The van der Waals surface area contributed by atoms with Crippen molar-refractivity contribution in [1.82, 2.24) is 5.32 Å². The normalized spacial score (nSPS) is 13.9. The van der Waals surface area contributed by atoms with Gasteiger partial charge in [-0.05, 0) is 18.7 Å². The molecule has 0 aliphatic heterocycles. The molecule has 0 aliphatic carbocycles. The molecule has 5 nitrogen and oxygen atoms in total. The molecule has 0 spiro atoms. The molecule has 0 aromatic carbocycles. The lowest BCUT2D eigenvalue weighted by Gasteiger charge is -2.15. The van der Waals surface area contributed by atoms with Crippen molar-refractivity contribution < 1.29 is 17.0 Å². The molecular weight excluding hydrogens is 230 g/mol. The van der Waals surface area contributed by atoms with Crippen LogP contribution in [-0.4, -0.2) is 33.9 Å². The number of rotatable bonds is 7. The summed E-state index contributed by atoms with van der Waals surface area (Å²) in [6.07, 6.45) is 3.25. The molecule has 92 valence electrons. The molecule has 6 heteroatoms. The topological polar surface area (TPSA) is 68.5 Å². The highest BCUT2D eigenvalue weighted by molar-refractivity contribution is 7.85. The highest BCUT2D eigenvalue weighted by Gasteiger charge is 2.13. The summed E-state index contributed by atoms with van der Waals surface area (Å²) in [6, 6.07) is 3.59. The number of likely N-dealkylation sites (N-methyl/N-ethyl adjacent to an activating group) is 1. The minimum Gasteiger partial charge on any atom is -0.469 e. The molecule has 1 atom stereocenters. The van der Waals surface area contributed by atoms with Crippen LogP contribution in [0.2, 0.25) is 0 Å². The van der Waals surface area contributed by atoms with E-state index in [-0.39, 0.29) is 12.6 Å². The first-order valence-electron chi connectivity index (χ1n) is 5.11. The van der Waals surface area contributed by atoms with Crippen LogP contribution in [0.1, 0.15) is 12.7 Å². The van der Waals surface area contributed by atoms with Crippen LogP contribution in [0.25, 0.3) is 0 Å². The highest BCUT2D eigenvalue weighted by Crippen LogP contribution is 2.05. The molecular formula is C10H17NO4S. The zero-order chi connectivity index (χ0) is 12.0. The van der Waals surface area contributed by atoms with Crippen LogP contribution >= 0.6 is 0 Å². The van der Waals surface area contributed by atoms with E-state index in [2.05, 4.69) is 5.32 Å². The third-order valence-corrected chi connectivity index (χ3v) is 2.57. The molecule has 0 amide bonds. The van der Waals surface area contributed by atoms with Gasteiger partial charge < -0.3 is 9.73 Å². The Hall–Kier alpha value is -0.850. The zero-order valence-corrected chi connectivity index (χ0v) is 10.3. The van der Waals surface area contributed by atoms with E-state index in [4.69, 9.17) is 8.60 Å². The third-order valence-electron chi connectivity index (χ3n) is 2.00. The summed E-state index contributed by atoms with van der Waals surface area (Å²) in [5, 5.41) is 3.14. The maximum absolute atomic E-state index is 10.9. The van der Waals surface area contributed by atoms with Crippen LogP contribution < -0.4 is 5.32 Å². The van der Waals surface area contributed by atoms with E-state index >= 15 is 0 Å². The number of hydrogen-bond donors (Lipinski definition) is 1. The second-order valence-corrected chi connectivity index (χ2v) is 5.17. The fourth-order valence-corrected chi connectivity index (χ4v) is 1.77. The van der Waals surface area contributed by atoms with Crippen LogP contribution in [0.5, 0.6) is 0 Å². The molecule has 16 heavy (non-hydrogen) atoms. The molecule has 1 aromatic heterocycles. The van der Waals surface area contributed by atoms with Gasteiger partial charge in [-0.3, -0.25) is 4.18 Å². The number of furan rings is 1. The van der Waals surface area contributed by atoms with Gasteiger partial charge in [0.15, 0.2) is 0 Å². The molecule has 0 aliphatic rings. The Bertz CT molecular complexity index is 385. The Morgan fingerprint density at radius 1 is 1.56 bits per heavy atom. The first-order valence-corrected chi connectivity index (χ1v) is 6.93. The standard InChI is InChI=1S/C10H17NO4S/c1-3-11-9(8-15-16(2,12)13)7-10-5-4-6-14-10/h4-6,9,11H,3,7-8H2,1-2H3. The molecule has 1 rings (SSSR count). The van der Waals surface area contributed by atoms with Gasteiger partial charge in [0.05, 0.1) is 19.1 Å². The van der Waals surface area contributed by atoms with Gasteiger partial charge in [0, 0.05) is 12.5 Å². The van der Waals surface area contributed by atoms with Crippen LogP contribution in [0, 0.1) is 0 Å². The average Bonchev–Trinajstić information content (AvgIpc) is 2.66. The van der Waals surface area contributed by atoms with E-state index in [1.165, 1.54) is 0 Å². The Labute approximate surface area is 95.9 Å². The average molecular weight is 247 g/mol. The summed E-state index contributed by atoms with van der Waals surface area (Å²) >= 11 is 0. The lowest BCUT2D eigenvalue weighted by atomic mass is 10.2. The molecule has 0 fully saturated rings. The Balaban J connectivity index is 2.47. The van der Waals surface area contributed by atoms with Crippen molar-refractivity contribution in [3.63, 3.8) is 0 Å². The molecule has 0 saturated heterocycles. The first-order chi connectivity index (χ1) is 7.51. The number of hydrogen-bond acceptors (Lipinski definition) is 5. The van der Waals surface area contributed by atoms with Crippen molar-refractivity contribution in [2.24, 2.45) is 0 Å². The summed E-state index contributed by atoms with van der Waals surface area (Å²) in [7, 11) is -3.39. The summed E-state index contributed by atoms with van der Waals surface area (Å²) in [5.41, 5.74) is 0. The lowest BCUT2D eigenvalue weighted by Crippen LogP contribution is -2.35. The quantitative estimate of drug-likeness (QED) is 0.721. The summed E-state index contributed by atoms with van der Waals surface area (Å²) < 4.78 is 31.7. The third kappa shape index (κ3) is 5.29. The van der Waals surface area contributed by atoms with Crippen LogP contribution in [0.15, 0.2) is 22.8 Å². The zero-order valence-electron chi connectivity index (χ0n) is 9.47. The van der Waals surface area contributed by atoms with E-state index in [0.29, 0.717) is 6.42 Å². The second-order valence-electron chi connectivity index (χ2n) is 3.53. The molecule has 0 bridgehead atoms. The molecule has 0 saturated carbocycles. The van der Waals surface area contributed by atoms with Gasteiger partial charge in [-0.25, -0.2) is 0 Å². The largest absolute Gasteiger partial charge is 0.469 e. The van der Waals surface area contributed by atoms with Crippen molar-refractivity contribution >= 4 is 10.1 Å². The van der Waals surface area contributed by atoms with Crippen molar-refractivity contribution in [3.8, 4) is 0 Å². The minimum absolute atomic E-state index is 0.0640. The van der Waals surface area contributed by atoms with Crippen LogP contribution in [0.4, 0.5) is 0 Å². The molecule has 1 aromatic rings. The Morgan fingerprint density at radius 2 is 2.31 bits per heavy atom. The smallest absolute Gasteiger partial charge is 0.264 e. The number of nitrogens with one attached hydrogen (secondary N) is 1. The molecule has 1 N–H and O–H groups in total. The van der Waals surface area contributed by atoms with Crippen molar-refractivity contribution in [2.75, 3.05) is 19.4 Å². The van der Waals surface area contributed by atoms with Crippen LogP contribution in [0.3, 0.4) is 0 Å². The molecule has 1 unspecified atom stereocenters. The van der Waals surface area contributed by atoms with E-state index in [1.54, 1.807) is 12.3 Å². The Morgan fingerprint density at radius 3 is 2.81 bits per heavy atom. The summed E-state index contributed by atoms with van der Waals surface area (Å²) in [6.45, 7) is 2.82. The van der Waals surface area contributed by atoms with Gasteiger partial charge in [0.25, 0.3) is 10.1 Å². The maximum atomic E-state index is 10.9. The summed E-state index contributed by atoms with van der Waals surface area (Å²) in [4.78, 5) is 0. The SMILES string of the molecule is CCNC(COS(C)(=O)=O)Cc1ccco1. The highest BCUT2D eigenvalue weighted by atomic mass is 32.2. The van der Waals surface area contributed by atoms with Crippen molar-refractivity contribution in [2.45, 2.75) is 19.4 Å². The maximum Gasteiger partial charge on any atom is 0.264 e. The van der Waals surface area contributed by atoms with Gasteiger partial charge in [0.2, 0.25) is 0 Å². The lowest BCUT2D eigenvalue weighted by molar-refractivity contribution is 0.265. The van der Waals surface area contributed by atoms with E-state index in [9.17, 15) is 8.42 Å². The minimum atomic E-state index is -3.39. The van der Waals surface area contributed by atoms with Crippen molar-refractivity contribution in [1.29, 1.82) is 0 Å². The van der Waals surface area contributed by atoms with Gasteiger partial charge in [-0.15, -0.1) is 0 Å². The van der Waals surface area contributed by atoms with E-state index in [1.807, 2.05) is 13.0 Å². The second kappa shape index (κ2) is 6.03. The van der Waals surface area contributed by atoms with Gasteiger partial charge in [0.1, 0.15) is 5.76 Å². The fourth-order valence-electron chi connectivity index (χ4n) is 1.36. The molecule has 1 heterocycles. The first kappa shape index (κ1) is 13.2. The van der Waals surface area contributed by atoms with Crippen LogP contribution in [-0.2, 0) is 20.7 Å². The van der Waals surface area contributed by atoms with Crippen molar-refractivity contribution in [3.05, 3.63) is 24.2 Å².